The summed E-state index contributed by atoms with van der Waals surface area (Å²) in [6.45, 7) is 11.3. The summed E-state index contributed by atoms with van der Waals surface area (Å²) in [5.74, 6) is -0.142. The number of esters is 1. The first kappa shape index (κ1) is 18.6. The van der Waals surface area contributed by atoms with E-state index in [9.17, 15) is 9.90 Å². The van der Waals surface area contributed by atoms with Gasteiger partial charge in [0.1, 0.15) is 28.2 Å². The minimum Gasteiger partial charge on any atom is -0.505 e. The molecule has 3 rings (SSSR count). The van der Waals surface area contributed by atoms with Crippen molar-refractivity contribution < 1.29 is 14.6 Å². The third-order valence-electron chi connectivity index (χ3n) is 4.74. The Kier molecular flexibility index (Phi) is 4.74. The van der Waals surface area contributed by atoms with E-state index in [2.05, 4.69) is 16.8 Å². The number of hydrogen-bond donors (Lipinski definition) is 1. The van der Waals surface area contributed by atoms with Crippen molar-refractivity contribution >= 4 is 17.0 Å². The maximum atomic E-state index is 12.0. The molecule has 0 spiro atoms. The molecular weight excluding hydrogens is 342 g/mol. The van der Waals surface area contributed by atoms with Crippen LogP contribution in [0.15, 0.2) is 48.6 Å². The van der Waals surface area contributed by atoms with Crippen LogP contribution in [0, 0.1) is 0 Å². The number of phenols is 1. The SMILES string of the molecule is C=C(C)C(=O)Oc1cc(-n2nc3ccccc3n2)c(O)c(C(C)(C)CC)c1. The molecule has 0 bridgehead atoms. The average molecular weight is 365 g/mol. The van der Waals surface area contributed by atoms with E-state index in [-0.39, 0.29) is 11.2 Å². The molecule has 0 aliphatic carbocycles. The molecule has 3 aromatic rings. The van der Waals surface area contributed by atoms with Crippen molar-refractivity contribution in [2.75, 3.05) is 0 Å². The van der Waals surface area contributed by atoms with Gasteiger partial charge in [0, 0.05) is 17.2 Å². The van der Waals surface area contributed by atoms with Crippen LogP contribution in [-0.2, 0) is 10.2 Å². The first-order chi connectivity index (χ1) is 12.7. The smallest absolute Gasteiger partial charge is 0.338 e. The highest BCUT2D eigenvalue weighted by Gasteiger charge is 2.26. The second-order valence-electron chi connectivity index (χ2n) is 7.22. The van der Waals surface area contributed by atoms with Crippen molar-refractivity contribution in [1.29, 1.82) is 0 Å². The van der Waals surface area contributed by atoms with Crippen LogP contribution >= 0.6 is 0 Å². The predicted octanol–water partition coefficient (Wildman–Crippen LogP) is 4.30. The molecule has 0 aliphatic rings. The molecule has 0 radical (unpaired) electrons. The number of rotatable bonds is 5. The van der Waals surface area contributed by atoms with Crippen molar-refractivity contribution in [3.8, 4) is 17.2 Å². The molecule has 0 unspecified atom stereocenters. The second kappa shape index (κ2) is 6.87. The number of carbonyl (C=O) groups excluding carboxylic acids is 1. The Hall–Kier alpha value is -3.15. The van der Waals surface area contributed by atoms with E-state index < -0.39 is 5.97 Å². The zero-order valence-electron chi connectivity index (χ0n) is 16.0. The van der Waals surface area contributed by atoms with E-state index in [1.807, 2.05) is 45.0 Å². The highest BCUT2D eigenvalue weighted by molar-refractivity contribution is 5.89. The van der Waals surface area contributed by atoms with E-state index in [1.165, 1.54) is 4.80 Å². The van der Waals surface area contributed by atoms with Gasteiger partial charge in [0.05, 0.1) is 0 Å². The van der Waals surface area contributed by atoms with Crippen molar-refractivity contribution in [3.63, 3.8) is 0 Å². The van der Waals surface area contributed by atoms with Crippen molar-refractivity contribution in [3.05, 3.63) is 54.1 Å². The largest absolute Gasteiger partial charge is 0.505 e. The number of carbonyl (C=O) groups is 1. The van der Waals surface area contributed by atoms with Gasteiger partial charge in [-0.25, -0.2) is 4.79 Å². The fourth-order valence-corrected chi connectivity index (χ4v) is 2.67. The number of aromatic nitrogens is 3. The molecule has 1 aromatic heterocycles. The van der Waals surface area contributed by atoms with Gasteiger partial charge in [-0.2, -0.15) is 0 Å². The monoisotopic (exact) mass is 365 g/mol. The molecule has 0 saturated heterocycles. The van der Waals surface area contributed by atoms with E-state index in [4.69, 9.17) is 4.74 Å². The Morgan fingerprint density at radius 1 is 1.22 bits per heavy atom. The van der Waals surface area contributed by atoms with Crippen LogP contribution in [0.5, 0.6) is 11.5 Å². The van der Waals surface area contributed by atoms with Gasteiger partial charge in [-0.15, -0.1) is 15.0 Å². The topological polar surface area (TPSA) is 77.2 Å². The average Bonchev–Trinajstić information content (AvgIpc) is 3.06. The van der Waals surface area contributed by atoms with Crippen LogP contribution in [0.1, 0.15) is 39.7 Å². The van der Waals surface area contributed by atoms with Crippen LogP contribution in [-0.4, -0.2) is 26.1 Å². The van der Waals surface area contributed by atoms with E-state index in [0.29, 0.717) is 33.6 Å². The van der Waals surface area contributed by atoms with Crippen LogP contribution in [0.3, 0.4) is 0 Å². The lowest BCUT2D eigenvalue weighted by Gasteiger charge is -2.26. The number of nitrogens with zero attached hydrogens (tertiary/aromatic N) is 3. The minimum atomic E-state index is -0.523. The third kappa shape index (κ3) is 3.56. The van der Waals surface area contributed by atoms with Crippen LogP contribution in [0.25, 0.3) is 16.7 Å². The summed E-state index contributed by atoms with van der Waals surface area (Å²) < 4.78 is 5.43. The van der Waals surface area contributed by atoms with Gasteiger partial charge in [0.2, 0.25) is 0 Å². The molecule has 0 saturated carbocycles. The molecule has 27 heavy (non-hydrogen) atoms. The van der Waals surface area contributed by atoms with Crippen molar-refractivity contribution in [1.82, 2.24) is 15.0 Å². The number of aromatic hydroxyl groups is 1. The lowest BCUT2D eigenvalue weighted by atomic mass is 9.81. The van der Waals surface area contributed by atoms with E-state index in [0.717, 1.165) is 6.42 Å². The molecule has 0 aliphatic heterocycles. The predicted molar refractivity (Wildman–Crippen MR) is 104 cm³/mol. The lowest BCUT2D eigenvalue weighted by Crippen LogP contribution is -2.18. The number of ether oxygens (including phenoxy) is 1. The first-order valence-corrected chi connectivity index (χ1v) is 8.80. The summed E-state index contributed by atoms with van der Waals surface area (Å²) in [4.78, 5) is 13.4. The fraction of sp³-hybridized carbons (Fsp3) is 0.286. The summed E-state index contributed by atoms with van der Waals surface area (Å²) in [6, 6.07) is 10.7. The van der Waals surface area contributed by atoms with Gasteiger partial charge in [-0.05, 0) is 37.0 Å². The molecular formula is C21H23N3O3. The number of phenolic OH excluding ortho intramolecular Hbond substituents is 1. The Balaban J connectivity index is 2.20. The molecule has 6 heteroatoms. The summed E-state index contributed by atoms with van der Waals surface area (Å²) in [6.07, 6.45) is 0.784. The van der Waals surface area contributed by atoms with E-state index in [1.54, 1.807) is 19.1 Å². The zero-order valence-corrected chi connectivity index (χ0v) is 16.0. The highest BCUT2D eigenvalue weighted by Crippen LogP contribution is 2.40. The van der Waals surface area contributed by atoms with Crippen molar-refractivity contribution in [2.45, 2.75) is 39.5 Å². The Morgan fingerprint density at radius 2 is 1.81 bits per heavy atom. The van der Waals surface area contributed by atoms with Gasteiger partial charge < -0.3 is 9.84 Å². The second-order valence-corrected chi connectivity index (χ2v) is 7.22. The standard InChI is InChI=1S/C21H23N3O3/c1-6-21(4,5)15-11-14(27-20(26)13(2)3)12-18(19(15)25)24-22-16-9-7-8-10-17(16)23-24/h7-12,25H,2,6H2,1,3-5H3. The quantitative estimate of drug-likeness (QED) is 0.414. The molecule has 140 valence electrons. The maximum Gasteiger partial charge on any atom is 0.338 e. The van der Waals surface area contributed by atoms with Gasteiger partial charge in [-0.3, -0.25) is 0 Å². The highest BCUT2D eigenvalue weighted by atomic mass is 16.5. The number of fused-ring (bicyclic) bond motifs is 1. The van der Waals surface area contributed by atoms with Gasteiger partial charge in [-0.1, -0.05) is 39.5 Å². The maximum absolute atomic E-state index is 12.0. The van der Waals surface area contributed by atoms with Gasteiger partial charge in [0.25, 0.3) is 0 Å². The molecule has 1 N–H and O–H groups in total. The summed E-state index contributed by atoms with van der Waals surface area (Å²) in [5, 5.41) is 19.8. The molecule has 1 heterocycles. The Morgan fingerprint density at radius 3 is 2.33 bits per heavy atom. The normalized spacial score (nSPS) is 11.6. The Bertz CT molecular complexity index is 1000. The van der Waals surface area contributed by atoms with E-state index >= 15 is 0 Å². The van der Waals surface area contributed by atoms with Crippen LogP contribution in [0.4, 0.5) is 0 Å². The third-order valence-corrected chi connectivity index (χ3v) is 4.74. The van der Waals surface area contributed by atoms with Crippen LogP contribution < -0.4 is 4.74 Å². The molecule has 6 nitrogen and oxygen atoms in total. The van der Waals surface area contributed by atoms with Gasteiger partial charge in [0.15, 0.2) is 0 Å². The van der Waals surface area contributed by atoms with Crippen LogP contribution in [0.2, 0.25) is 0 Å². The summed E-state index contributed by atoms with van der Waals surface area (Å²) in [5.41, 5.74) is 2.39. The summed E-state index contributed by atoms with van der Waals surface area (Å²) in [7, 11) is 0. The number of benzene rings is 2. The summed E-state index contributed by atoms with van der Waals surface area (Å²) >= 11 is 0. The molecule has 0 fully saturated rings. The fourth-order valence-electron chi connectivity index (χ4n) is 2.67. The molecule has 0 atom stereocenters. The Labute approximate surface area is 158 Å². The van der Waals surface area contributed by atoms with Gasteiger partial charge >= 0.3 is 5.97 Å². The lowest BCUT2D eigenvalue weighted by molar-refractivity contribution is -0.130. The minimum absolute atomic E-state index is 0.0669. The first-order valence-electron chi connectivity index (χ1n) is 8.80. The van der Waals surface area contributed by atoms with Crippen molar-refractivity contribution in [2.24, 2.45) is 0 Å². The molecule has 0 amide bonds. The zero-order chi connectivity index (χ0) is 19.8. The molecule has 2 aromatic carbocycles. The number of hydrogen-bond acceptors (Lipinski definition) is 5.